The molecular formula is C26H31F3N6O2. The summed E-state index contributed by atoms with van der Waals surface area (Å²) in [6.45, 7) is 8.38. The zero-order chi connectivity index (χ0) is 26.1. The van der Waals surface area contributed by atoms with Gasteiger partial charge < -0.3 is 19.8 Å². The first kappa shape index (κ1) is 25.6. The molecule has 0 saturated carbocycles. The Morgan fingerprint density at radius 1 is 0.973 bits per heavy atom. The number of imidazole rings is 1. The average molecular weight is 517 g/mol. The number of hydrogen-bond acceptors (Lipinski definition) is 7. The Bertz CT molecular complexity index is 1250. The summed E-state index contributed by atoms with van der Waals surface area (Å²) in [5.41, 5.74) is 1.29. The van der Waals surface area contributed by atoms with Gasteiger partial charge in [0.2, 0.25) is 5.95 Å². The van der Waals surface area contributed by atoms with E-state index in [1.54, 1.807) is 6.92 Å². The van der Waals surface area contributed by atoms with E-state index in [0.29, 0.717) is 37.9 Å². The molecule has 8 nitrogen and oxygen atoms in total. The maximum Gasteiger partial charge on any atom is 0.228 e. The Hall–Kier alpha value is -3.02. The van der Waals surface area contributed by atoms with E-state index >= 15 is 8.78 Å². The van der Waals surface area contributed by atoms with Crippen LogP contribution in [0.25, 0.3) is 11.4 Å². The van der Waals surface area contributed by atoms with E-state index in [9.17, 15) is 4.39 Å². The van der Waals surface area contributed by atoms with Crippen molar-refractivity contribution in [2.24, 2.45) is 0 Å². The fourth-order valence-corrected chi connectivity index (χ4v) is 5.03. The molecule has 11 heteroatoms. The highest BCUT2D eigenvalue weighted by atomic mass is 19.1. The third kappa shape index (κ3) is 5.48. The van der Waals surface area contributed by atoms with Crippen LogP contribution in [0, 0.1) is 24.4 Å². The van der Waals surface area contributed by atoms with Crippen molar-refractivity contribution in [1.82, 2.24) is 24.8 Å². The summed E-state index contributed by atoms with van der Waals surface area (Å²) < 4.78 is 55.9. The molecule has 2 fully saturated rings. The molecule has 2 saturated heterocycles. The number of H-pyrrole nitrogens is 1. The lowest BCUT2D eigenvalue weighted by molar-refractivity contribution is -0.0413. The summed E-state index contributed by atoms with van der Waals surface area (Å²) in [5.74, 6) is -1.15. The number of nitrogens with zero attached hydrogens (tertiary/aromatic N) is 4. The summed E-state index contributed by atoms with van der Waals surface area (Å²) in [7, 11) is 0. The zero-order valence-electron chi connectivity index (χ0n) is 21.2. The molecule has 0 aliphatic carbocycles. The minimum absolute atomic E-state index is 0.00358. The van der Waals surface area contributed by atoms with E-state index < -0.39 is 17.5 Å². The van der Waals surface area contributed by atoms with Gasteiger partial charge in [-0.3, -0.25) is 4.90 Å². The van der Waals surface area contributed by atoms with Gasteiger partial charge in [0.1, 0.15) is 28.8 Å². The molecule has 3 aromatic rings. The SMILES string of the molecule is Cc1nc(-c2nc(Nc3cc(F)c(CN4[C@@H](C)COC[C@@H]4C)cc3F)ncc2F)c(C2CCOCC2)[nH]1. The Labute approximate surface area is 213 Å². The summed E-state index contributed by atoms with van der Waals surface area (Å²) in [4.78, 5) is 18.0. The molecule has 2 aliphatic rings. The van der Waals surface area contributed by atoms with Gasteiger partial charge in [0.15, 0.2) is 5.82 Å². The first-order valence-electron chi connectivity index (χ1n) is 12.6. The van der Waals surface area contributed by atoms with E-state index in [4.69, 9.17) is 9.47 Å². The van der Waals surface area contributed by atoms with Gasteiger partial charge in [-0.25, -0.2) is 28.1 Å². The Morgan fingerprint density at radius 2 is 1.70 bits per heavy atom. The Morgan fingerprint density at radius 3 is 2.43 bits per heavy atom. The molecule has 1 aromatic carbocycles. The van der Waals surface area contributed by atoms with Gasteiger partial charge >= 0.3 is 0 Å². The van der Waals surface area contributed by atoms with Crippen LogP contribution in [-0.4, -0.2) is 63.3 Å². The average Bonchev–Trinajstić information content (AvgIpc) is 3.27. The number of morpholine rings is 1. The molecule has 198 valence electrons. The molecule has 0 radical (unpaired) electrons. The quantitative estimate of drug-likeness (QED) is 0.485. The van der Waals surface area contributed by atoms with Gasteiger partial charge in [0.05, 0.1) is 25.1 Å². The molecule has 2 atom stereocenters. The largest absolute Gasteiger partial charge is 0.381 e. The molecule has 5 rings (SSSR count). The fourth-order valence-electron chi connectivity index (χ4n) is 5.03. The van der Waals surface area contributed by atoms with Crippen molar-refractivity contribution in [2.75, 3.05) is 31.7 Å². The third-order valence-corrected chi connectivity index (χ3v) is 7.03. The standard InChI is InChI=1S/C26H31F3N6O2/c1-14-12-37-13-15(2)35(14)11-18-8-20(28)22(9-19(18)27)33-26-30-10-21(29)24(34-26)25-23(31-16(3)32-25)17-4-6-36-7-5-17/h8-10,14-15,17H,4-7,11-13H2,1-3H3,(H,31,32)(H,30,33,34)/t14-,15-/m0/s1. The van der Waals surface area contributed by atoms with E-state index in [0.717, 1.165) is 30.8 Å². The number of aryl methyl sites for hydroxylation is 1. The number of ether oxygens (including phenoxy) is 2. The number of hydrogen-bond donors (Lipinski definition) is 2. The number of anilines is 2. The number of benzene rings is 1. The van der Waals surface area contributed by atoms with E-state index in [1.165, 1.54) is 6.07 Å². The summed E-state index contributed by atoms with van der Waals surface area (Å²) in [5, 5.41) is 2.71. The Balaban J connectivity index is 1.40. The van der Waals surface area contributed by atoms with Crippen LogP contribution in [0.1, 0.15) is 49.7 Å². The monoisotopic (exact) mass is 516 g/mol. The molecular weight excluding hydrogens is 485 g/mol. The second-order valence-corrected chi connectivity index (χ2v) is 9.82. The summed E-state index contributed by atoms with van der Waals surface area (Å²) >= 11 is 0. The number of aromatic nitrogens is 4. The Kier molecular flexibility index (Phi) is 7.45. The van der Waals surface area contributed by atoms with Crippen LogP contribution in [0.3, 0.4) is 0 Å². The number of nitrogens with one attached hydrogen (secondary N) is 2. The maximum atomic E-state index is 15.0. The van der Waals surface area contributed by atoms with Gasteiger partial charge in [0.25, 0.3) is 0 Å². The molecule has 0 spiro atoms. The van der Waals surface area contributed by atoms with Crippen LogP contribution in [0.15, 0.2) is 18.3 Å². The van der Waals surface area contributed by atoms with Gasteiger partial charge in [-0.05, 0) is 39.7 Å². The van der Waals surface area contributed by atoms with E-state index in [2.05, 4.69) is 30.2 Å². The second-order valence-electron chi connectivity index (χ2n) is 9.82. The fraction of sp³-hybridized carbons (Fsp3) is 0.500. The van der Waals surface area contributed by atoms with Gasteiger partial charge in [-0.15, -0.1) is 0 Å². The lowest BCUT2D eigenvalue weighted by atomic mass is 9.94. The number of rotatable bonds is 6. The zero-order valence-corrected chi connectivity index (χ0v) is 21.2. The van der Waals surface area contributed by atoms with Crippen molar-refractivity contribution in [3.05, 3.63) is 52.9 Å². The van der Waals surface area contributed by atoms with Crippen LogP contribution in [0.5, 0.6) is 0 Å². The van der Waals surface area contributed by atoms with Crippen LogP contribution in [0.4, 0.5) is 24.8 Å². The predicted molar refractivity (Wildman–Crippen MR) is 132 cm³/mol. The third-order valence-electron chi connectivity index (χ3n) is 7.03. The van der Waals surface area contributed by atoms with Crippen molar-refractivity contribution in [3.63, 3.8) is 0 Å². The summed E-state index contributed by atoms with van der Waals surface area (Å²) in [6.07, 6.45) is 2.57. The second kappa shape index (κ2) is 10.8. The number of aromatic amines is 1. The highest BCUT2D eigenvalue weighted by Gasteiger charge is 2.28. The van der Waals surface area contributed by atoms with Crippen molar-refractivity contribution < 1.29 is 22.6 Å². The van der Waals surface area contributed by atoms with Crippen molar-refractivity contribution >= 4 is 11.6 Å². The molecule has 4 heterocycles. The molecule has 0 unspecified atom stereocenters. The number of halogens is 3. The molecule has 0 bridgehead atoms. The van der Waals surface area contributed by atoms with Gasteiger partial charge in [0, 0.05) is 55.1 Å². The first-order valence-corrected chi connectivity index (χ1v) is 12.6. The van der Waals surface area contributed by atoms with Crippen molar-refractivity contribution in [1.29, 1.82) is 0 Å². The summed E-state index contributed by atoms with van der Waals surface area (Å²) in [6, 6.07) is 2.44. The normalized spacial score (nSPS) is 21.4. The molecule has 2 aliphatic heterocycles. The van der Waals surface area contributed by atoms with Gasteiger partial charge in [-0.1, -0.05) is 0 Å². The van der Waals surface area contributed by atoms with Crippen LogP contribution < -0.4 is 5.32 Å². The maximum absolute atomic E-state index is 15.0. The highest BCUT2D eigenvalue weighted by molar-refractivity contribution is 5.63. The minimum Gasteiger partial charge on any atom is -0.381 e. The van der Waals surface area contributed by atoms with E-state index in [1.807, 2.05) is 13.8 Å². The lowest BCUT2D eigenvalue weighted by Gasteiger charge is -2.38. The van der Waals surface area contributed by atoms with Crippen LogP contribution >= 0.6 is 0 Å². The lowest BCUT2D eigenvalue weighted by Crippen LogP contribution is -2.48. The first-order chi connectivity index (χ1) is 17.8. The molecule has 37 heavy (non-hydrogen) atoms. The topological polar surface area (TPSA) is 88.2 Å². The minimum atomic E-state index is -0.655. The van der Waals surface area contributed by atoms with Crippen LogP contribution in [0.2, 0.25) is 0 Å². The van der Waals surface area contributed by atoms with Gasteiger partial charge in [-0.2, -0.15) is 0 Å². The predicted octanol–water partition coefficient (Wildman–Crippen LogP) is 4.84. The van der Waals surface area contributed by atoms with Crippen molar-refractivity contribution in [2.45, 2.75) is 58.2 Å². The molecule has 0 amide bonds. The van der Waals surface area contributed by atoms with Crippen molar-refractivity contribution in [3.8, 4) is 11.4 Å². The smallest absolute Gasteiger partial charge is 0.228 e. The molecule has 2 aromatic heterocycles. The molecule has 2 N–H and O–H groups in total. The highest BCUT2D eigenvalue weighted by Crippen LogP contribution is 2.34. The van der Waals surface area contributed by atoms with E-state index in [-0.39, 0.29) is 47.4 Å². The van der Waals surface area contributed by atoms with Crippen LogP contribution in [-0.2, 0) is 16.0 Å².